The van der Waals surface area contributed by atoms with Crippen molar-refractivity contribution in [3.05, 3.63) is 93.7 Å². The molecule has 0 saturated carbocycles. The molecule has 2 N–H and O–H groups in total. The second-order valence-corrected chi connectivity index (χ2v) is 10.3. The SMILES string of the molecule is CCN(CC)CCCNc1nc(-c2cccc(C(=O)Nc3nccs3)c2)c2ccc(=O)n(-c3c(F)cccc3F)c2n1. The van der Waals surface area contributed by atoms with Crippen LogP contribution in [-0.2, 0) is 0 Å². The number of halogens is 2. The molecule has 0 radical (unpaired) electrons. The van der Waals surface area contributed by atoms with Crippen LogP contribution in [0, 0.1) is 11.6 Å². The van der Waals surface area contributed by atoms with Gasteiger partial charge in [-0.3, -0.25) is 19.5 Å². The number of nitrogens with zero attached hydrogens (tertiary/aromatic N) is 5. The number of nitrogens with one attached hydrogen (secondary N) is 2. The van der Waals surface area contributed by atoms with E-state index >= 15 is 0 Å². The third-order valence-electron chi connectivity index (χ3n) is 6.79. The van der Waals surface area contributed by atoms with Gasteiger partial charge in [0.05, 0.1) is 5.69 Å². The van der Waals surface area contributed by atoms with Crippen molar-refractivity contribution < 1.29 is 13.6 Å². The van der Waals surface area contributed by atoms with E-state index in [2.05, 4.69) is 39.3 Å². The zero-order valence-corrected chi connectivity index (χ0v) is 23.9. The number of carbonyl (C=O) groups excluding carboxylic acids is 1. The number of fused-ring (bicyclic) bond motifs is 1. The Labute approximate surface area is 244 Å². The smallest absolute Gasteiger partial charge is 0.257 e. The summed E-state index contributed by atoms with van der Waals surface area (Å²) in [6.45, 7) is 7.45. The summed E-state index contributed by atoms with van der Waals surface area (Å²) in [7, 11) is 0. The second-order valence-electron chi connectivity index (χ2n) is 9.39. The fourth-order valence-electron chi connectivity index (χ4n) is 4.64. The number of amides is 1. The summed E-state index contributed by atoms with van der Waals surface area (Å²) in [5.74, 6) is -1.98. The largest absolute Gasteiger partial charge is 0.354 e. The van der Waals surface area contributed by atoms with Gasteiger partial charge in [-0.25, -0.2) is 18.7 Å². The zero-order valence-electron chi connectivity index (χ0n) is 23.1. The summed E-state index contributed by atoms with van der Waals surface area (Å²) < 4.78 is 30.8. The molecule has 0 aliphatic heterocycles. The lowest BCUT2D eigenvalue weighted by atomic mass is 10.0. The molecule has 0 saturated heterocycles. The first-order valence-corrected chi connectivity index (χ1v) is 14.4. The number of pyridine rings is 1. The first kappa shape index (κ1) is 29.0. The van der Waals surface area contributed by atoms with E-state index in [1.165, 1.54) is 29.5 Å². The number of anilines is 2. The Morgan fingerprint density at radius 3 is 2.50 bits per heavy atom. The van der Waals surface area contributed by atoms with Crippen molar-refractivity contribution >= 4 is 39.4 Å². The Balaban J connectivity index is 1.62. The maximum Gasteiger partial charge on any atom is 0.257 e. The molecule has 0 bridgehead atoms. The first-order chi connectivity index (χ1) is 20.4. The molecule has 42 heavy (non-hydrogen) atoms. The van der Waals surface area contributed by atoms with Crippen LogP contribution in [-0.4, -0.2) is 56.5 Å². The lowest BCUT2D eigenvalue weighted by Gasteiger charge is -2.18. The molecule has 3 heterocycles. The zero-order chi connectivity index (χ0) is 29.6. The van der Waals surface area contributed by atoms with Crippen LogP contribution in [0.2, 0.25) is 0 Å². The lowest BCUT2D eigenvalue weighted by Crippen LogP contribution is -2.25. The van der Waals surface area contributed by atoms with E-state index in [-0.39, 0.29) is 17.5 Å². The van der Waals surface area contributed by atoms with Crippen molar-refractivity contribution in [1.82, 2.24) is 24.4 Å². The van der Waals surface area contributed by atoms with Crippen molar-refractivity contribution in [3.63, 3.8) is 0 Å². The molecule has 9 nitrogen and oxygen atoms in total. The van der Waals surface area contributed by atoms with Crippen LogP contribution >= 0.6 is 11.3 Å². The van der Waals surface area contributed by atoms with Crippen LogP contribution in [0.5, 0.6) is 0 Å². The van der Waals surface area contributed by atoms with Gasteiger partial charge in [-0.15, -0.1) is 11.3 Å². The Hall–Kier alpha value is -4.55. The van der Waals surface area contributed by atoms with Gasteiger partial charge in [0.2, 0.25) is 5.95 Å². The molecule has 0 spiro atoms. The average molecular weight is 590 g/mol. The molecule has 0 fully saturated rings. The number of aromatic nitrogens is 4. The average Bonchev–Trinajstić information content (AvgIpc) is 3.51. The van der Waals surface area contributed by atoms with Crippen LogP contribution in [0.3, 0.4) is 0 Å². The molecule has 0 unspecified atom stereocenters. The van der Waals surface area contributed by atoms with Gasteiger partial charge in [-0.05, 0) is 56.4 Å². The summed E-state index contributed by atoms with van der Waals surface area (Å²) >= 11 is 1.30. The van der Waals surface area contributed by atoms with E-state index in [0.29, 0.717) is 33.9 Å². The molecule has 0 aliphatic rings. The Bertz CT molecular complexity index is 1750. The Morgan fingerprint density at radius 1 is 1.02 bits per heavy atom. The van der Waals surface area contributed by atoms with Crippen molar-refractivity contribution in [2.75, 3.05) is 36.8 Å². The molecule has 3 aromatic heterocycles. The van der Waals surface area contributed by atoms with Crippen molar-refractivity contribution in [2.24, 2.45) is 0 Å². The van der Waals surface area contributed by atoms with Crippen molar-refractivity contribution in [1.29, 1.82) is 0 Å². The van der Waals surface area contributed by atoms with E-state index in [4.69, 9.17) is 4.98 Å². The number of hydrogen-bond acceptors (Lipinski definition) is 8. The number of thiazole rings is 1. The summed E-state index contributed by atoms with van der Waals surface area (Å²) in [5.41, 5.74) is 0.152. The van der Waals surface area contributed by atoms with E-state index in [9.17, 15) is 18.4 Å². The van der Waals surface area contributed by atoms with Gasteiger partial charge in [0.15, 0.2) is 10.8 Å². The minimum atomic E-state index is -0.903. The molecule has 216 valence electrons. The predicted octanol–water partition coefficient (Wildman–Crippen LogP) is 5.58. The molecule has 2 aromatic carbocycles. The highest BCUT2D eigenvalue weighted by Gasteiger charge is 2.20. The fourth-order valence-corrected chi connectivity index (χ4v) is 5.16. The normalized spacial score (nSPS) is 11.3. The number of carbonyl (C=O) groups is 1. The molecule has 12 heteroatoms. The van der Waals surface area contributed by atoms with Gasteiger partial charge in [-0.1, -0.05) is 32.0 Å². The van der Waals surface area contributed by atoms with Crippen LogP contribution in [0.15, 0.2) is 71.0 Å². The topological polar surface area (TPSA) is 105 Å². The standard InChI is InChI=1S/C30H29F2N7O2S/c1-3-38(4-2)16-7-14-33-29-35-25(19-8-5-9-20(18-19)28(41)37-30-34-15-17-42-30)21-12-13-24(40)39(27(21)36-29)26-22(31)10-6-11-23(26)32/h5-6,8-13,15,17-18H,3-4,7,14,16H2,1-2H3,(H,33,35,36)(H,34,37,41). The highest BCUT2D eigenvalue weighted by molar-refractivity contribution is 7.13. The maximum atomic E-state index is 14.9. The number of rotatable bonds is 11. The van der Waals surface area contributed by atoms with Crippen molar-refractivity contribution in [3.8, 4) is 16.9 Å². The van der Waals surface area contributed by atoms with E-state index in [1.807, 2.05) is 0 Å². The maximum absolute atomic E-state index is 14.9. The van der Waals surface area contributed by atoms with Crippen LogP contribution < -0.4 is 16.2 Å². The molecule has 0 aliphatic carbocycles. The van der Waals surface area contributed by atoms with Gasteiger partial charge >= 0.3 is 0 Å². The first-order valence-electron chi connectivity index (χ1n) is 13.5. The second kappa shape index (κ2) is 13.0. The fraction of sp³-hybridized carbons (Fsp3) is 0.233. The summed E-state index contributed by atoms with van der Waals surface area (Å²) in [5, 5.41) is 8.57. The third-order valence-corrected chi connectivity index (χ3v) is 7.48. The summed E-state index contributed by atoms with van der Waals surface area (Å²) in [6, 6.07) is 12.9. The van der Waals surface area contributed by atoms with Crippen LogP contribution in [0.1, 0.15) is 30.6 Å². The third kappa shape index (κ3) is 6.19. The number of para-hydroxylation sites is 1. The number of hydrogen-bond donors (Lipinski definition) is 2. The number of benzene rings is 2. The monoisotopic (exact) mass is 589 g/mol. The quantitative estimate of drug-likeness (QED) is 0.194. The van der Waals surface area contributed by atoms with Gasteiger partial charge in [-0.2, -0.15) is 4.98 Å². The predicted molar refractivity (Wildman–Crippen MR) is 161 cm³/mol. The summed E-state index contributed by atoms with van der Waals surface area (Å²) in [4.78, 5) is 41.7. The minimum Gasteiger partial charge on any atom is -0.354 e. The van der Waals surface area contributed by atoms with Crippen molar-refractivity contribution in [2.45, 2.75) is 20.3 Å². The van der Waals surface area contributed by atoms with Gasteiger partial charge in [0.25, 0.3) is 11.5 Å². The van der Waals surface area contributed by atoms with Crippen LogP contribution in [0.4, 0.5) is 19.9 Å². The molecule has 1 amide bonds. The molecule has 5 aromatic rings. The van der Waals surface area contributed by atoms with Gasteiger partial charge in [0.1, 0.15) is 17.3 Å². The summed E-state index contributed by atoms with van der Waals surface area (Å²) in [6.07, 6.45) is 2.40. The molecular weight excluding hydrogens is 560 g/mol. The van der Waals surface area contributed by atoms with Gasteiger partial charge < -0.3 is 10.2 Å². The Morgan fingerprint density at radius 2 is 1.79 bits per heavy atom. The van der Waals surface area contributed by atoms with Gasteiger partial charge in [0, 0.05) is 40.7 Å². The highest BCUT2D eigenvalue weighted by atomic mass is 32.1. The Kier molecular flexibility index (Phi) is 8.94. The minimum absolute atomic E-state index is 0.0281. The van der Waals surface area contributed by atoms with E-state index in [1.54, 1.807) is 35.8 Å². The lowest BCUT2D eigenvalue weighted by molar-refractivity contribution is 0.102. The molecular formula is C30H29F2N7O2S. The van der Waals surface area contributed by atoms with E-state index < -0.39 is 22.9 Å². The highest BCUT2D eigenvalue weighted by Crippen LogP contribution is 2.30. The van der Waals surface area contributed by atoms with E-state index in [0.717, 1.165) is 42.8 Å². The molecule has 5 rings (SSSR count). The molecule has 0 atom stereocenters. The van der Waals surface area contributed by atoms with Crippen LogP contribution in [0.25, 0.3) is 28.0 Å².